The van der Waals surface area contributed by atoms with E-state index in [1.54, 1.807) is 12.4 Å². The molecule has 0 saturated carbocycles. The summed E-state index contributed by atoms with van der Waals surface area (Å²) in [7, 11) is 2.15. The van der Waals surface area contributed by atoms with Gasteiger partial charge in [0.2, 0.25) is 0 Å². The monoisotopic (exact) mass is 230 g/mol. The number of ether oxygens (including phenoxy) is 1. The minimum atomic E-state index is 0.538. The first-order chi connectivity index (χ1) is 8.29. The maximum absolute atomic E-state index is 5.78. The van der Waals surface area contributed by atoms with Crippen molar-refractivity contribution < 1.29 is 4.74 Å². The van der Waals surface area contributed by atoms with Crippen molar-refractivity contribution in [3.05, 3.63) is 24.0 Å². The summed E-state index contributed by atoms with van der Waals surface area (Å²) in [6, 6.07) is 2.48. The van der Waals surface area contributed by atoms with Crippen LogP contribution in [0.15, 0.2) is 18.5 Å². The summed E-state index contributed by atoms with van der Waals surface area (Å²) in [5.41, 5.74) is 0.907. The molecule has 1 aliphatic rings. The van der Waals surface area contributed by atoms with Crippen molar-refractivity contribution in [3.63, 3.8) is 0 Å². The summed E-state index contributed by atoms with van der Waals surface area (Å²) >= 11 is 0. The lowest BCUT2D eigenvalue weighted by Gasteiger charge is -2.19. The molecule has 1 aromatic heterocycles. The quantitative estimate of drug-likeness (QED) is 0.742. The van der Waals surface area contributed by atoms with Crippen LogP contribution in [0.5, 0.6) is 5.75 Å². The predicted octanol–water partition coefficient (Wildman–Crippen LogP) is 1.93. The van der Waals surface area contributed by atoms with E-state index in [2.05, 4.69) is 28.8 Å². The van der Waals surface area contributed by atoms with Crippen LogP contribution < -0.4 is 4.74 Å². The SMILES string of the molecule is CC#Cc1cncc(OC[C@@H]2CCCN2C)c1. The molecule has 0 N–H and O–H groups in total. The van der Waals surface area contributed by atoms with E-state index >= 15 is 0 Å². The van der Waals surface area contributed by atoms with Gasteiger partial charge in [-0.05, 0) is 39.4 Å². The van der Waals surface area contributed by atoms with E-state index < -0.39 is 0 Å². The van der Waals surface area contributed by atoms with Crippen molar-refractivity contribution in [2.75, 3.05) is 20.2 Å². The standard InChI is InChI=1S/C14H18N2O/c1-3-5-12-8-14(10-15-9-12)17-11-13-6-4-7-16(13)2/h8-10,13H,4,6-7,11H2,1-2H3/t13-/m0/s1. The molecule has 1 fully saturated rings. The highest BCUT2D eigenvalue weighted by Gasteiger charge is 2.21. The van der Waals surface area contributed by atoms with E-state index in [4.69, 9.17) is 4.74 Å². The van der Waals surface area contributed by atoms with Gasteiger partial charge < -0.3 is 9.64 Å². The van der Waals surface area contributed by atoms with Gasteiger partial charge >= 0.3 is 0 Å². The zero-order chi connectivity index (χ0) is 12.1. The number of likely N-dealkylation sites (tertiary alicyclic amines) is 1. The Labute approximate surface area is 103 Å². The Morgan fingerprint density at radius 2 is 2.41 bits per heavy atom. The molecule has 0 radical (unpaired) electrons. The number of nitrogens with zero attached hydrogens (tertiary/aromatic N) is 2. The number of aromatic nitrogens is 1. The Hall–Kier alpha value is -1.53. The molecule has 0 amide bonds. The van der Waals surface area contributed by atoms with Crippen LogP contribution in [0.3, 0.4) is 0 Å². The molecule has 3 heteroatoms. The van der Waals surface area contributed by atoms with Gasteiger partial charge in [0.15, 0.2) is 0 Å². The van der Waals surface area contributed by atoms with Crippen molar-refractivity contribution >= 4 is 0 Å². The van der Waals surface area contributed by atoms with Crippen molar-refractivity contribution in [2.24, 2.45) is 0 Å². The van der Waals surface area contributed by atoms with Gasteiger partial charge in [0.05, 0.1) is 6.20 Å². The van der Waals surface area contributed by atoms with Crippen LogP contribution in [0.2, 0.25) is 0 Å². The summed E-state index contributed by atoms with van der Waals surface area (Å²) in [5.74, 6) is 6.65. The fraction of sp³-hybridized carbons (Fsp3) is 0.500. The van der Waals surface area contributed by atoms with E-state index in [1.807, 2.05) is 13.0 Å². The average Bonchev–Trinajstić information content (AvgIpc) is 2.73. The van der Waals surface area contributed by atoms with Crippen molar-refractivity contribution in [3.8, 4) is 17.6 Å². The highest BCUT2D eigenvalue weighted by Crippen LogP contribution is 2.17. The Balaban J connectivity index is 1.93. The van der Waals surface area contributed by atoms with E-state index in [-0.39, 0.29) is 0 Å². The zero-order valence-electron chi connectivity index (χ0n) is 10.4. The minimum absolute atomic E-state index is 0.538. The molecule has 3 nitrogen and oxygen atoms in total. The third-order valence-corrected chi connectivity index (χ3v) is 3.10. The second kappa shape index (κ2) is 5.70. The molecular weight excluding hydrogens is 212 g/mol. The molecule has 0 unspecified atom stereocenters. The average molecular weight is 230 g/mol. The summed E-state index contributed by atoms with van der Waals surface area (Å²) in [4.78, 5) is 6.48. The smallest absolute Gasteiger partial charge is 0.138 e. The van der Waals surface area contributed by atoms with Gasteiger partial charge in [-0.15, -0.1) is 5.92 Å². The van der Waals surface area contributed by atoms with Gasteiger partial charge in [-0.2, -0.15) is 0 Å². The lowest BCUT2D eigenvalue weighted by atomic mass is 10.2. The molecule has 1 saturated heterocycles. The fourth-order valence-corrected chi connectivity index (χ4v) is 2.09. The van der Waals surface area contributed by atoms with Crippen molar-refractivity contribution in [2.45, 2.75) is 25.8 Å². The Kier molecular flexibility index (Phi) is 4.00. The van der Waals surface area contributed by atoms with Crippen LogP contribution in [0.25, 0.3) is 0 Å². The summed E-state index contributed by atoms with van der Waals surface area (Å²) in [6.45, 7) is 3.73. The van der Waals surface area contributed by atoms with Gasteiger partial charge in [-0.25, -0.2) is 0 Å². The number of rotatable bonds is 3. The van der Waals surface area contributed by atoms with Crippen LogP contribution in [-0.2, 0) is 0 Å². The molecule has 0 bridgehead atoms. The second-order valence-corrected chi connectivity index (χ2v) is 4.37. The lowest BCUT2D eigenvalue weighted by molar-refractivity contribution is 0.198. The molecule has 1 aromatic rings. The molecule has 0 aliphatic carbocycles. The largest absolute Gasteiger partial charge is 0.490 e. The third-order valence-electron chi connectivity index (χ3n) is 3.10. The van der Waals surface area contributed by atoms with E-state index in [0.29, 0.717) is 6.04 Å². The zero-order valence-corrected chi connectivity index (χ0v) is 10.4. The van der Waals surface area contributed by atoms with Crippen LogP contribution in [-0.4, -0.2) is 36.1 Å². The maximum Gasteiger partial charge on any atom is 0.138 e. The van der Waals surface area contributed by atoms with Gasteiger partial charge in [-0.1, -0.05) is 5.92 Å². The van der Waals surface area contributed by atoms with Crippen LogP contribution in [0.1, 0.15) is 25.3 Å². The molecular formula is C14H18N2O. The van der Waals surface area contributed by atoms with Crippen LogP contribution in [0, 0.1) is 11.8 Å². The molecule has 2 heterocycles. The number of hydrogen-bond donors (Lipinski definition) is 0. The topological polar surface area (TPSA) is 25.4 Å². The van der Waals surface area contributed by atoms with Crippen LogP contribution >= 0.6 is 0 Å². The van der Waals surface area contributed by atoms with Gasteiger partial charge in [-0.3, -0.25) is 4.98 Å². The third kappa shape index (κ3) is 3.21. The molecule has 0 aromatic carbocycles. The highest BCUT2D eigenvalue weighted by molar-refractivity contribution is 5.36. The lowest BCUT2D eigenvalue weighted by Crippen LogP contribution is -2.30. The van der Waals surface area contributed by atoms with E-state index in [0.717, 1.165) is 17.9 Å². The fourth-order valence-electron chi connectivity index (χ4n) is 2.09. The first-order valence-electron chi connectivity index (χ1n) is 6.00. The predicted molar refractivity (Wildman–Crippen MR) is 67.9 cm³/mol. The Morgan fingerprint density at radius 1 is 1.53 bits per heavy atom. The molecule has 2 rings (SSSR count). The van der Waals surface area contributed by atoms with Crippen molar-refractivity contribution in [1.82, 2.24) is 9.88 Å². The highest BCUT2D eigenvalue weighted by atomic mass is 16.5. The summed E-state index contributed by atoms with van der Waals surface area (Å²) in [5, 5.41) is 0. The van der Waals surface area contributed by atoms with E-state index in [9.17, 15) is 0 Å². The number of hydrogen-bond acceptors (Lipinski definition) is 3. The maximum atomic E-state index is 5.78. The molecule has 0 spiro atoms. The van der Waals surface area contributed by atoms with Gasteiger partial charge in [0.25, 0.3) is 0 Å². The molecule has 1 aliphatic heterocycles. The number of pyridine rings is 1. The molecule has 90 valence electrons. The molecule has 17 heavy (non-hydrogen) atoms. The second-order valence-electron chi connectivity index (χ2n) is 4.37. The Bertz CT molecular complexity index is 433. The summed E-state index contributed by atoms with van der Waals surface area (Å²) < 4.78 is 5.78. The minimum Gasteiger partial charge on any atom is -0.490 e. The van der Waals surface area contributed by atoms with Crippen molar-refractivity contribution in [1.29, 1.82) is 0 Å². The first-order valence-corrected chi connectivity index (χ1v) is 6.00. The number of likely N-dealkylation sites (N-methyl/N-ethyl adjacent to an activating group) is 1. The van der Waals surface area contributed by atoms with Crippen LogP contribution in [0.4, 0.5) is 0 Å². The Morgan fingerprint density at radius 3 is 3.12 bits per heavy atom. The van der Waals surface area contributed by atoms with E-state index in [1.165, 1.54) is 19.4 Å². The molecule has 1 atom stereocenters. The van der Waals surface area contributed by atoms with Gasteiger partial charge in [0.1, 0.15) is 12.4 Å². The van der Waals surface area contributed by atoms with Gasteiger partial charge in [0, 0.05) is 17.8 Å². The normalized spacial score (nSPS) is 19.8. The first kappa shape index (κ1) is 11.9. The summed E-state index contributed by atoms with van der Waals surface area (Å²) in [6.07, 6.45) is 5.99.